The lowest BCUT2D eigenvalue weighted by Crippen LogP contribution is -2.48. The molecule has 5 rings (SSSR count). The number of piperazine rings is 1. The predicted octanol–water partition coefficient (Wildman–Crippen LogP) is 5.60. The fourth-order valence-corrected chi connectivity index (χ4v) is 4.49. The lowest BCUT2D eigenvalue weighted by atomic mass is 10.2. The van der Waals surface area contributed by atoms with Gasteiger partial charge in [0.1, 0.15) is 5.82 Å². The summed E-state index contributed by atoms with van der Waals surface area (Å²) < 4.78 is 1.98. The number of amides is 1. The van der Waals surface area contributed by atoms with Crippen molar-refractivity contribution in [2.75, 3.05) is 31.1 Å². The molecule has 32 heavy (non-hydrogen) atoms. The Morgan fingerprint density at radius 1 is 0.906 bits per heavy atom. The van der Waals surface area contributed by atoms with Gasteiger partial charge in [0.05, 0.1) is 21.1 Å². The second kappa shape index (κ2) is 8.49. The summed E-state index contributed by atoms with van der Waals surface area (Å²) in [5.74, 6) is 0.862. The van der Waals surface area contributed by atoms with Crippen LogP contribution in [-0.4, -0.2) is 46.5 Å². The molecule has 0 bridgehead atoms. The van der Waals surface area contributed by atoms with Gasteiger partial charge in [-0.25, -0.2) is 4.98 Å². The lowest BCUT2D eigenvalue weighted by molar-refractivity contribution is 0.0746. The highest BCUT2D eigenvalue weighted by Crippen LogP contribution is 2.28. The Hall–Kier alpha value is -3.02. The Kier molecular flexibility index (Phi) is 5.53. The fourth-order valence-electron chi connectivity index (χ4n) is 4.19. The smallest absolute Gasteiger partial charge is 0.255 e. The molecule has 1 saturated heterocycles. The van der Waals surface area contributed by atoms with Crippen molar-refractivity contribution >= 4 is 45.7 Å². The molecule has 5 nitrogen and oxygen atoms in total. The summed E-state index contributed by atoms with van der Waals surface area (Å²) in [4.78, 5) is 22.2. The van der Waals surface area contributed by atoms with Crippen LogP contribution in [0.4, 0.5) is 5.69 Å². The molecule has 162 valence electrons. The summed E-state index contributed by atoms with van der Waals surface area (Å²) in [5.41, 5.74) is 3.56. The monoisotopic (exact) mass is 464 g/mol. The van der Waals surface area contributed by atoms with Gasteiger partial charge in [0.2, 0.25) is 0 Å². The highest BCUT2D eigenvalue weighted by atomic mass is 35.5. The van der Waals surface area contributed by atoms with E-state index < -0.39 is 0 Å². The SMILES string of the molecule is Cc1c(C(=O)N2CCN(c3ccc(Cl)c(Cl)c3)CC2)ccn1-c1ccc2ccccc2n1. The molecule has 0 aliphatic carbocycles. The summed E-state index contributed by atoms with van der Waals surface area (Å²) in [6.45, 7) is 4.76. The number of benzene rings is 2. The molecular weight excluding hydrogens is 443 g/mol. The molecule has 3 heterocycles. The van der Waals surface area contributed by atoms with E-state index in [-0.39, 0.29) is 5.91 Å². The first-order chi connectivity index (χ1) is 15.5. The van der Waals surface area contributed by atoms with E-state index >= 15 is 0 Å². The number of hydrogen-bond donors (Lipinski definition) is 0. The number of rotatable bonds is 3. The van der Waals surface area contributed by atoms with Crippen LogP contribution in [0.3, 0.4) is 0 Å². The molecule has 0 N–H and O–H groups in total. The van der Waals surface area contributed by atoms with Crippen molar-refractivity contribution in [3.05, 3.63) is 88.2 Å². The zero-order valence-corrected chi connectivity index (χ0v) is 19.1. The minimum absolute atomic E-state index is 0.0517. The van der Waals surface area contributed by atoms with Crippen LogP contribution in [0.1, 0.15) is 16.1 Å². The number of halogens is 2. The van der Waals surface area contributed by atoms with E-state index in [4.69, 9.17) is 28.2 Å². The molecule has 2 aromatic carbocycles. The third kappa shape index (κ3) is 3.83. The van der Waals surface area contributed by atoms with Crippen LogP contribution in [0.25, 0.3) is 16.7 Å². The van der Waals surface area contributed by atoms with Gasteiger partial charge in [-0.3, -0.25) is 4.79 Å². The van der Waals surface area contributed by atoms with Crippen LogP contribution in [-0.2, 0) is 0 Å². The van der Waals surface area contributed by atoms with Crippen molar-refractivity contribution in [3.8, 4) is 5.82 Å². The second-order valence-electron chi connectivity index (χ2n) is 7.92. The maximum absolute atomic E-state index is 13.3. The van der Waals surface area contributed by atoms with Crippen molar-refractivity contribution in [3.63, 3.8) is 0 Å². The van der Waals surface area contributed by atoms with Gasteiger partial charge in [0.25, 0.3) is 5.91 Å². The summed E-state index contributed by atoms with van der Waals surface area (Å²) in [7, 11) is 0. The number of nitrogens with zero attached hydrogens (tertiary/aromatic N) is 4. The molecule has 4 aromatic rings. The molecule has 1 aliphatic rings. The molecule has 0 saturated carbocycles. The van der Waals surface area contributed by atoms with Crippen LogP contribution in [0, 0.1) is 6.92 Å². The molecular formula is C25H22Cl2N4O. The molecule has 1 aliphatic heterocycles. The maximum Gasteiger partial charge on any atom is 0.255 e. The third-order valence-electron chi connectivity index (χ3n) is 6.04. The first-order valence-electron chi connectivity index (χ1n) is 10.5. The Bertz CT molecular complexity index is 1310. The Morgan fingerprint density at radius 2 is 1.69 bits per heavy atom. The Morgan fingerprint density at radius 3 is 2.47 bits per heavy atom. The first kappa shape index (κ1) is 20.9. The summed E-state index contributed by atoms with van der Waals surface area (Å²) in [6.07, 6.45) is 1.92. The number of aromatic nitrogens is 2. The quantitative estimate of drug-likeness (QED) is 0.395. The van der Waals surface area contributed by atoms with Gasteiger partial charge in [-0.2, -0.15) is 0 Å². The van der Waals surface area contributed by atoms with Crippen LogP contribution in [0.2, 0.25) is 10.0 Å². The second-order valence-corrected chi connectivity index (χ2v) is 8.74. The molecule has 2 aromatic heterocycles. The molecule has 0 atom stereocenters. The molecule has 1 amide bonds. The fraction of sp³-hybridized carbons (Fsp3) is 0.200. The largest absolute Gasteiger partial charge is 0.368 e. The van der Waals surface area contributed by atoms with E-state index in [1.54, 1.807) is 0 Å². The first-order valence-corrected chi connectivity index (χ1v) is 11.3. The molecule has 1 fully saturated rings. The number of carbonyl (C=O) groups excluding carboxylic acids is 1. The van der Waals surface area contributed by atoms with E-state index in [1.807, 2.05) is 77.2 Å². The average molecular weight is 465 g/mol. The van der Waals surface area contributed by atoms with Crippen LogP contribution in [0.5, 0.6) is 0 Å². The number of para-hydroxylation sites is 1. The average Bonchev–Trinajstić information content (AvgIpc) is 3.21. The third-order valence-corrected chi connectivity index (χ3v) is 6.78. The van der Waals surface area contributed by atoms with Gasteiger partial charge < -0.3 is 14.4 Å². The molecule has 0 radical (unpaired) electrons. The van der Waals surface area contributed by atoms with E-state index in [0.29, 0.717) is 28.7 Å². The van der Waals surface area contributed by atoms with Gasteiger partial charge in [-0.15, -0.1) is 0 Å². The van der Waals surface area contributed by atoms with Crippen molar-refractivity contribution in [2.45, 2.75) is 6.92 Å². The van der Waals surface area contributed by atoms with Crippen LogP contribution in [0.15, 0.2) is 66.9 Å². The lowest BCUT2D eigenvalue weighted by Gasteiger charge is -2.36. The van der Waals surface area contributed by atoms with E-state index in [1.165, 1.54) is 0 Å². The number of hydrogen-bond acceptors (Lipinski definition) is 3. The summed E-state index contributed by atoms with van der Waals surface area (Å²) in [5, 5.41) is 2.18. The minimum atomic E-state index is 0.0517. The Labute approximate surface area is 196 Å². The van der Waals surface area contributed by atoms with Crippen LogP contribution >= 0.6 is 23.2 Å². The zero-order valence-electron chi connectivity index (χ0n) is 17.6. The van der Waals surface area contributed by atoms with E-state index in [9.17, 15) is 4.79 Å². The van der Waals surface area contributed by atoms with Gasteiger partial charge in [-0.1, -0.05) is 41.4 Å². The standard InChI is InChI=1S/C25H22Cl2N4O/c1-17-20(10-11-31(17)24-9-6-18-4-2-3-5-23(18)28-24)25(32)30-14-12-29(13-15-30)19-7-8-21(26)22(27)16-19/h2-11,16H,12-15H2,1H3. The topological polar surface area (TPSA) is 41.4 Å². The number of carbonyl (C=O) groups is 1. The normalized spacial score (nSPS) is 14.2. The number of fused-ring (bicyclic) bond motifs is 1. The molecule has 0 spiro atoms. The van der Waals surface area contributed by atoms with Crippen LogP contribution < -0.4 is 4.90 Å². The minimum Gasteiger partial charge on any atom is -0.368 e. The highest BCUT2D eigenvalue weighted by Gasteiger charge is 2.25. The van der Waals surface area contributed by atoms with Crippen molar-refractivity contribution in [1.29, 1.82) is 0 Å². The maximum atomic E-state index is 13.3. The number of pyridine rings is 1. The number of anilines is 1. The van der Waals surface area contributed by atoms with Gasteiger partial charge in [-0.05, 0) is 49.4 Å². The predicted molar refractivity (Wildman–Crippen MR) is 130 cm³/mol. The van der Waals surface area contributed by atoms with Crippen molar-refractivity contribution in [1.82, 2.24) is 14.5 Å². The van der Waals surface area contributed by atoms with E-state index in [2.05, 4.69) is 11.0 Å². The summed E-state index contributed by atoms with van der Waals surface area (Å²) in [6, 6.07) is 19.6. The molecule has 7 heteroatoms. The molecule has 0 unspecified atom stereocenters. The van der Waals surface area contributed by atoms with Gasteiger partial charge in [0, 0.05) is 49.1 Å². The van der Waals surface area contributed by atoms with E-state index in [0.717, 1.165) is 41.2 Å². The van der Waals surface area contributed by atoms with Crippen molar-refractivity contribution in [2.24, 2.45) is 0 Å². The highest BCUT2D eigenvalue weighted by molar-refractivity contribution is 6.42. The van der Waals surface area contributed by atoms with Gasteiger partial charge >= 0.3 is 0 Å². The van der Waals surface area contributed by atoms with Crippen molar-refractivity contribution < 1.29 is 4.79 Å². The zero-order chi connectivity index (χ0) is 22.2. The Balaban J connectivity index is 1.32. The summed E-state index contributed by atoms with van der Waals surface area (Å²) >= 11 is 12.2. The van der Waals surface area contributed by atoms with Gasteiger partial charge in [0.15, 0.2) is 0 Å².